The van der Waals surface area contributed by atoms with Gasteiger partial charge in [0, 0.05) is 40.4 Å². The molecule has 2 aliphatic rings. The van der Waals surface area contributed by atoms with Crippen LogP contribution in [0.25, 0.3) is 0 Å². The normalized spacial score (nSPS) is 19.9. The van der Waals surface area contributed by atoms with Crippen molar-refractivity contribution in [2.75, 3.05) is 53.5 Å². The van der Waals surface area contributed by atoms with E-state index in [9.17, 15) is 0 Å². The molecule has 6 heteroatoms. The van der Waals surface area contributed by atoms with Crippen molar-refractivity contribution in [3.8, 4) is 0 Å². The van der Waals surface area contributed by atoms with Crippen LogP contribution in [0.1, 0.15) is 43.7 Å². The highest BCUT2D eigenvalue weighted by atomic mass is 127. The summed E-state index contributed by atoms with van der Waals surface area (Å²) in [5, 5.41) is 3.64. The van der Waals surface area contributed by atoms with E-state index in [0.29, 0.717) is 6.04 Å². The summed E-state index contributed by atoms with van der Waals surface area (Å²) in [6, 6.07) is 11.3. The minimum absolute atomic E-state index is 0. The largest absolute Gasteiger partial charge is 0.381 e. The second-order valence-corrected chi connectivity index (χ2v) is 7.86. The number of guanidine groups is 1. The molecule has 2 heterocycles. The molecule has 1 aromatic rings. The molecule has 28 heavy (non-hydrogen) atoms. The smallest absolute Gasteiger partial charge is 0.193 e. The molecule has 0 aromatic heterocycles. The molecule has 0 aliphatic carbocycles. The number of likely N-dealkylation sites (tertiary alicyclic amines) is 1. The molecule has 1 unspecified atom stereocenters. The summed E-state index contributed by atoms with van der Waals surface area (Å²) in [5.74, 6) is 1.79. The van der Waals surface area contributed by atoms with E-state index in [0.717, 1.165) is 38.2 Å². The summed E-state index contributed by atoms with van der Waals surface area (Å²) in [5.41, 5.74) is 1.40. The fourth-order valence-electron chi connectivity index (χ4n) is 4.28. The first-order valence-corrected chi connectivity index (χ1v) is 10.6. The van der Waals surface area contributed by atoms with Crippen LogP contribution >= 0.6 is 24.0 Å². The number of hydrogen-bond donors (Lipinski definition) is 1. The van der Waals surface area contributed by atoms with Crippen LogP contribution in [0.2, 0.25) is 0 Å². The third kappa shape index (κ3) is 6.88. The maximum atomic E-state index is 5.48. The first-order valence-electron chi connectivity index (χ1n) is 10.6. The van der Waals surface area contributed by atoms with Crippen molar-refractivity contribution in [1.29, 1.82) is 0 Å². The molecular weight excluding hydrogens is 463 g/mol. The van der Waals surface area contributed by atoms with Crippen molar-refractivity contribution in [1.82, 2.24) is 15.1 Å². The van der Waals surface area contributed by atoms with Gasteiger partial charge in [0.15, 0.2) is 5.96 Å². The summed E-state index contributed by atoms with van der Waals surface area (Å²) < 4.78 is 5.48. The van der Waals surface area contributed by atoms with Crippen LogP contribution < -0.4 is 5.32 Å². The molecule has 0 bridgehead atoms. The first-order chi connectivity index (χ1) is 13.3. The van der Waals surface area contributed by atoms with Gasteiger partial charge in [-0.15, -0.1) is 24.0 Å². The lowest BCUT2D eigenvalue weighted by molar-refractivity contribution is 0.0625. The molecule has 1 atom stereocenters. The molecule has 1 N–H and O–H groups in total. The number of rotatable bonds is 7. The number of halogens is 1. The van der Waals surface area contributed by atoms with Gasteiger partial charge in [0.05, 0.1) is 6.04 Å². The molecule has 0 amide bonds. The number of nitrogens with zero attached hydrogens (tertiary/aromatic N) is 3. The lowest BCUT2D eigenvalue weighted by Crippen LogP contribution is -2.44. The molecule has 0 saturated carbocycles. The first kappa shape index (κ1) is 23.4. The third-order valence-corrected chi connectivity index (χ3v) is 6.01. The Morgan fingerprint density at radius 3 is 2.54 bits per heavy atom. The van der Waals surface area contributed by atoms with Crippen molar-refractivity contribution in [2.45, 2.75) is 38.1 Å². The fraction of sp³-hybridized carbons (Fsp3) is 0.682. The van der Waals surface area contributed by atoms with Crippen LogP contribution in [-0.4, -0.2) is 69.2 Å². The number of benzene rings is 1. The predicted octanol–water partition coefficient (Wildman–Crippen LogP) is 3.77. The maximum Gasteiger partial charge on any atom is 0.193 e. The van der Waals surface area contributed by atoms with Gasteiger partial charge in [0.25, 0.3) is 0 Å². The van der Waals surface area contributed by atoms with Gasteiger partial charge in [-0.3, -0.25) is 9.89 Å². The highest BCUT2D eigenvalue weighted by Crippen LogP contribution is 2.24. The number of ether oxygens (including phenoxy) is 1. The van der Waals surface area contributed by atoms with E-state index >= 15 is 0 Å². The third-order valence-electron chi connectivity index (χ3n) is 6.01. The van der Waals surface area contributed by atoms with E-state index in [4.69, 9.17) is 4.74 Å². The monoisotopic (exact) mass is 500 g/mol. The Morgan fingerprint density at radius 1 is 1.21 bits per heavy atom. The zero-order valence-electron chi connectivity index (χ0n) is 17.5. The summed E-state index contributed by atoms with van der Waals surface area (Å²) in [6.07, 6.45) is 6.23. The Morgan fingerprint density at radius 2 is 1.89 bits per heavy atom. The van der Waals surface area contributed by atoms with E-state index in [-0.39, 0.29) is 24.0 Å². The number of hydrogen-bond acceptors (Lipinski definition) is 3. The predicted molar refractivity (Wildman–Crippen MR) is 128 cm³/mol. The Bertz CT molecular complexity index is 571. The van der Waals surface area contributed by atoms with E-state index < -0.39 is 0 Å². The average molecular weight is 500 g/mol. The summed E-state index contributed by atoms with van der Waals surface area (Å²) in [6.45, 7) is 6.19. The zero-order valence-corrected chi connectivity index (χ0v) is 19.8. The van der Waals surface area contributed by atoms with Gasteiger partial charge in [-0.05, 0) is 56.7 Å². The van der Waals surface area contributed by atoms with Crippen molar-refractivity contribution in [2.24, 2.45) is 10.9 Å². The van der Waals surface area contributed by atoms with Crippen LogP contribution in [-0.2, 0) is 4.74 Å². The van der Waals surface area contributed by atoms with E-state index in [1.165, 1.54) is 50.8 Å². The fourth-order valence-corrected chi connectivity index (χ4v) is 4.28. The standard InChI is InChI=1S/C22H36N4O.HI/c1-23-22(25(2)15-10-19-11-16-27-17-12-19)24-18-21(26-13-6-7-14-26)20-8-4-3-5-9-20;/h3-5,8-9,19,21H,6-7,10-18H2,1-2H3,(H,23,24);1H. The average Bonchev–Trinajstić information content (AvgIpc) is 3.25. The van der Waals surface area contributed by atoms with Crippen molar-refractivity contribution < 1.29 is 4.74 Å². The van der Waals surface area contributed by atoms with Gasteiger partial charge < -0.3 is 15.0 Å². The SMILES string of the molecule is CN=C(NCC(c1ccccc1)N1CCCC1)N(C)CCC1CCOCC1.I. The number of aliphatic imine (C=N–C) groups is 1. The Balaban J connectivity index is 0.00000280. The molecular formula is C22H37IN4O. The lowest BCUT2D eigenvalue weighted by Gasteiger charge is -2.31. The van der Waals surface area contributed by atoms with Crippen molar-refractivity contribution in [3.63, 3.8) is 0 Å². The van der Waals surface area contributed by atoms with Crippen LogP contribution in [0, 0.1) is 5.92 Å². The second kappa shape index (κ2) is 12.6. The van der Waals surface area contributed by atoms with Crippen LogP contribution in [0.15, 0.2) is 35.3 Å². The lowest BCUT2D eigenvalue weighted by atomic mass is 9.96. The molecule has 3 rings (SSSR count). The van der Waals surface area contributed by atoms with Crippen LogP contribution in [0.5, 0.6) is 0 Å². The molecule has 0 spiro atoms. The summed E-state index contributed by atoms with van der Waals surface area (Å²) in [4.78, 5) is 9.42. The molecule has 0 radical (unpaired) electrons. The van der Waals surface area contributed by atoms with Gasteiger partial charge in [-0.25, -0.2) is 0 Å². The van der Waals surface area contributed by atoms with E-state index in [2.05, 4.69) is 57.5 Å². The quantitative estimate of drug-likeness (QED) is 0.352. The van der Waals surface area contributed by atoms with Gasteiger partial charge in [0.1, 0.15) is 0 Å². The molecule has 5 nitrogen and oxygen atoms in total. The Kier molecular flexibility index (Phi) is 10.6. The minimum Gasteiger partial charge on any atom is -0.381 e. The zero-order chi connectivity index (χ0) is 18.9. The van der Waals surface area contributed by atoms with Gasteiger partial charge >= 0.3 is 0 Å². The Hall–Kier alpha value is -0.860. The number of nitrogens with one attached hydrogen (secondary N) is 1. The molecule has 158 valence electrons. The molecule has 1 aromatic carbocycles. The summed E-state index contributed by atoms with van der Waals surface area (Å²) in [7, 11) is 4.04. The van der Waals surface area contributed by atoms with E-state index in [1.54, 1.807) is 0 Å². The maximum absolute atomic E-state index is 5.48. The molecule has 2 fully saturated rings. The van der Waals surface area contributed by atoms with E-state index in [1.807, 2.05) is 7.05 Å². The minimum atomic E-state index is 0. The Labute approximate surface area is 187 Å². The topological polar surface area (TPSA) is 40.1 Å². The summed E-state index contributed by atoms with van der Waals surface area (Å²) >= 11 is 0. The highest BCUT2D eigenvalue weighted by Gasteiger charge is 2.24. The van der Waals surface area contributed by atoms with Crippen molar-refractivity contribution >= 4 is 29.9 Å². The van der Waals surface area contributed by atoms with Gasteiger partial charge in [0.2, 0.25) is 0 Å². The van der Waals surface area contributed by atoms with Crippen LogP contribution in [0.4, 0.5) is 0 Å². The van der Waals surface area contributed by atoms with Gasteiger partial charge in [-0.2, -0.15) is 0 Å². The molecule has 2 saturated heterocycles. The second-order valence-electron chi connectivity index (χ2n) is 7.86. The van der Waals surface area contributed by atoms with Crippen LogP contribution in [0.3, 0.4) is 0 Å². The van der Waals surface area contributed by atoms with Crippen molar-refractivity contribution in [3.05, 3.63) is 35.9 Å². The highest BCUT2D eigenvalue weighted by molar-refractivity contribution is 14.0. The van der Waals surface area contributed by atoms with Gasteiger partial charge in [-0.1, -0.05) is 30.3 Å². The molecule has 2 aliphatic heterocycles.